The summed E-state index contributed by atoms with van der Waals surface area (Å²) in [6.45, 7) is 1.91. The summed E-state index contributed by atoms with van der Waals surface area (Å²) in [4.78, 5) is 13.9. The number of aryl methyl sites for hydroxylation is 1. The molecular weight excluding hydrogens is 633 g/mol. The van der Waals surface area contributed by atoms with Crippen LogP contribution in [0.15, 0.2) is 161 Å². The highest BCUT2D eigenvalue weighted by Gasteiger charge is 2.51. The third kappa shape index (κ3) is 8.72. The van der Waals surface area contributed by atoms with Gasteiger partial charge in [-0.25, -0.2) is 27.1 Å². The van der Waals surface area contributed by atoms with Crippen LogP contribution in [0.1, 0.15) is 15.9 Å². The Labute approximate surface area is 264 Å². The van der Waals surface area contributed by atoms with Gasteiger partial charge in [-0.2, -0.15) is 0 Å². The zero-order chi connectivity index (χ0) is 32.5. The largest absolute Gasteiger partial charge is 0.291 e. The molecule has 0 spiro atoms. The maximum absolute atomic E-state index is 14.0. The lowest BCUT2D eigenvalue weighted by atomic mass is 10.2. The molecule has 0 radical (unpaired) electrons. The van der Waals surface area contributed by atoms with Crippen molar-refractivity contribution in [1.29, 1.82) is 0 Å². The third-order valence-electron chi connectivity index (χ3n) is 6.69. The Kier molecular flexibility index (Phi) is 11.0. The first kappa shape index (κ1) is 33.7. The van der Waals surface area contributed by atoms with Crippen molar-refractivity contribution >= 4 is 38.9 Å². The summed E-state index contributed by atoms with van der Waals surface area (Å²) < 4.78 is 62.0. The monoisotopic (exact) mass is 661 g/mol. The minimum absolute atomic E-state index is 0.164. The van der Waals surface area contributed by atoms with E-state index in [0.717, 1.165) is 21.5 Å². The van der Waals surface area contributed by atoms with Crippen LogP contribution in [0, 0.1) is 17.2 Å². The van der Waals surface area contributed by atoms with Crippen molar-refractivity contribution in [1.82, 2.24) is 5.32 Å². The predicted octanol–water partition coefficient (Wildman–Crippen LogP) is 1.24. The molecule has 8 nitrogen and oxygen atoms in total. The lowest BCUT2D eigenvalue weighted by Gasteiger charge is -2.29. The molecule has 1 N–H and O–H groups in total. The number of halogens is 1. The van der Waals surface area contributed by atoms with Gasteiger partial charge in [0.1, 0.15) is 15.9 Å². The molecule has 0 aromatic heterocycles. The van der Waals surface area contributed by atoms with Gasteiger partial charge in [-0.15, -0.1) is 10.2 Å². The zero-order valence-corrected chi connectivity index (χ0v) is 26.5. The Hall–Kier alpha value is -4.18. The molecule has 0 aliphatic rings. The van der Waals surface area contributed by atoms with Crippen molar-refractivity contribution < 1.29 is 42.1 Å². The van der Waals surface area contributed by atoms with Gasteiger partial charge < -0.3 is 0 Å². The fraction of sp³-hybridized carbons (Fsp3) is 0.0294. The minimum atomic E-state index is -4.94. The number of nitrogens with one attached hydrogen (secondary N) is 1. The van der Waals surface area contributed by atoms with E-state index >= 15 is 0 Å². The van der Waals surface area contributed by atoms with Crippen LogP contribution in [-0.4, -0.2) is 14.3 Å². The van der Waals surface area contributed by atoms with Gasteiger partial charge in [0.2, 0.25) is 9.84 Å². The van der Waals surface area contributed by atoms with E-state index in [1.807, 2.05) is 104 Å². The van der Waals surface area contributed by atoms with Gasteiger partial charge >= 0.3 is 0 Å². The summed E-state index contributed by atoms with van der Waals surface area (Å²) in [5, 5.41) is 7.13. The van der Waals surface area contributed by atoms with Gasteiger partial charge in [-0.1, -0.05) is 90.5 Å². The van der Waals surface area contributed by atoms with Crippen molar-refractivity contribution in [2.75, 3.05) is 0 Å². The fourth-order valence-corrected chi connectivity index (χ4v) is 10.6. The number of hydrogen-bond acceptors (Lipinski definition) is 7. The topological polar surface area (TPSA) is 155 Å². The first-order valence-electron chi connectivity index (χ1n) is 13.5. The number of carbonyl (C=O) groups is 1. The molecule has 45 heavy (non-hydrogen) atoms. The van der Waals surface area contributed by atoms with E-state index in [1.165, 1.54) is 5.41 Å². The number of hydrogen-bond donors (Lipinski definition) is 1. The van der Waals surface area contributed by atoms with Crippen molar-refractivity contribution in [3.8, 4) is 0 Å². The van der Waals surface area contributed by atoms with E-state index < -0.39 is 27.3 Å². The fourth-order valence-electron chi connectivity index (χ4n) is 4.73. The first-order chi connectivity index (χ1) is 21.4. The molecule has 0 atom stereocenters. The van der Waals surface area contributed by atoms with E-state index in [9.17, 15) is 13.2 Å². The molecule has 230 valence electrons. The van der Waals surface area contributed by atoms with E-state index in [0.29, 0.717) is 11.0 Å². The number of benzene rings is 5. The summed E-state index contributed by atoms with van der Waals surface area (Å²) in [5.41, 5.74) is 1.74. The van der Waals surface area contributed by atoms with Crippen molar-refractivity contribution in [2.45, 2.75) is 11.8 Å². The third-order valence-corrected chi connectivity index (χ3v) is 12.5. The molecule has 5 aromatic carbocycles. The molecule has 11 heteroatoms. The lowest BCUT2D eigenvalue weighted by Crippen LogP contribution is -2.68. The molecule has 0 heterocycles. The molecular formula is C34H29ClNO7PS. The summed E-state index contributed by atoms with van der Waals surface area (Å²) >= 11 is 0. The molecule has 0 unspecified atom stereocenters. The molecule has 0 saturated heterocycles. The number of sulfone groups is 1. The molecule has 1 amide bonds. The standard InChI is InChI=1S/C34H28NO3PS.ClHO4/c1-27-22-24-32(25-23-27)40(37,38)26-33(35-34(36)28-14-6-2-7-15-28)39(29-16-8-3-9-17-29,30-18-10-4-11-19-30)31-20-12-5-13-21-31;2-1(3,4)5/h2-26H,1H3;(H,2,3,4,5)/b33-26+;. The van der Waals surface area contributed by atoms with Crippen LogP contribution in [0.25, 0.3) is 0 Å². The van der Waals surface area contributed by atoms with Crippen molar-refractivity contribution in [3.63, 3.8) is 0 Å². The highest BCUT2D eigenvalue weighted by molar-refractivity contribution is 8.00. The molecule has 0 fully saturated rings. The predicted molar refractivity (Wildman–Crippen MR) is 166 cm³/mol. The van der Waals surface area contributed by atoms with Crippen LogP contribution in [-0.2, 0) is 9.84 Å². The van der Waals surface area contributed by atoms with Gasteiger partial charge in [0.15, 0.2) is 12.7 Å². The van der Waals surface area contributed by atoms with Crippen LogP contribution in [0.2, 0.25) is 0 Å². The van der Waals surface area contributed by atoms with Gasteiger partial charge in [-0.3, -0.25) is 10.1 Å². The smallest absolute Gasteiger partial charge is 0.258 e. The van der Waals surface area contributed by atoms with Gasteiger partial charge in [-0.05, 0) is 67.6 Å². The Morgan fingerprint density at radius 1 is 0.622 bits per heavy atom. The van der Waals surface area contributed by atoms with Gasteiger partial charge in [0, 0.05) is 5.56 Å². The van der Waals surface area contributed by atoms with Gasteiger partial charge in [0.05, 0.1) is 10.3 Å². The van der Waals surface area contributed by atoms with Crippen LogP contribution in [0.3, 0.4) is 0 Å². The summed E-state index contributed by atoms with van der Waals surface area (Å²) in [5.74, 6) is -0.377. The maximum atomic E-state index is 14.0. The Morgan fingerprint density at radius 2 is 0.978 bits per heavy atom. The number of amides is 1. The van der Waals surface area contributed by atoms with Gasteiger partial charge in [0.25, 0.3) is 5.91 Å². The van der Waals surface area contributed by atoms with E-state index in [1.54, 1.807) is 48.5 Å². The van der Waals surface area contributed by atoms with E-state index in [4.69, 9.17) is 18.6 Å². The van der Waals surface area contributed by atoms with Crippen LogP contribution >= 0.6 is 7.26 Å². The normalized spacial score (nSPS) is 12.1. The van der Waals surface area contributed by atoms with E-state index in [2.05, 4.69) is 5.32 Å². The molecule has 0 aliphatic carbocycles. The Balaban J connectivity index is 0.000000854. The van der Waals surface area contributed by atoms with E-state index in [-0.39, 0.29) is 10.8 Å². The molecule has 5 rings (SSSR count). The molecule has 0 saturated carbocycles. The Bertz CT molecular complexity index is 1730. The lowest BCUT2D eigenvalue weighted by molar-refractivity contribution is -2.00. The first-order valence-corrected chi connectivity index (χ1v) is 18.1. The summed E-state index contributed by atoms with van der Waals surface area (Å²) in [7, 11) is -11.8. The second-order valence-corrected chi connectivity index (χ2v) is 15.7. The highest BCUT2D eigenvalue weighted by atomic mass is 35.7. The second kappa shape index (κ2) is 14.7. The average Bonchev–Trinajstić information content (AvgIpc) is 3.03. The summed E-state index contributed by atoms with van der Waals surface area (Å²) in [6, 6.07) is 45.1. The SMILES string of the molecule is Cc1ccc(S(=O)(=O)/C=C(\NC(=O)c2ccccc2)[P+](c2ccccc2)(c2ccccc2)c2ccccc2)cc1.[O-][Cl+3]([O-])([O-])[O-]. The average molecular weight is 662 g/mol. The quantitative estimate of drug-likeness (QED) is 0.245. The molecule has 0 bridgehead atoms. The highest BCUT2D eigenvalue weighted by Crippen LogP contribution is 2.61. The number of carbonyl (C=O) groups excluding carboxylic acids is 1. The van der Waals surface area contributed by atoms with Crippen LogP contribution < -0.4 is 39.9 Å². The van der Waals surface area contributed by atoms with Crippen molar-refractivity contribution in [2.24, 2.45) is 0 Å². The molecule has 5 aromatic rings. The van der Waals surface area contributed by atoms with Crippen molar-refractivity contribution in [3.05, 3.63) is 168 Å². The minimum Gasteiger partial charge on any atom is -0.291 e. The zero-order valence-electron chi connectivity index (χ0n) is 24.0. The maximum Gasteiger partial charge on any atom is 0.258 e. The second-order valence-electron chi connectivity index (χ2n) is 9.74. The Morgan fingerprint density at radius 3 is 1.36 bits per heavy atom. The van der Waals surface area contributed by atoms with Crippen LogP contribution in [0.4, 0.5) is 0 Å². The molecule has 0 aliphatic heterocycles. The number of rotatable bonds is 8. The summed E-state index contributed by atoms with van der Waals surface area (Å²) in [6.07, 6.45) is 0. The van der Waals surface area contributed by atoms with Crippen LogP contribution in [0.5, 0.6) is 0 Å².